The first-order chi connectivity index (χ1) is 9.02. The second-order valence-corrected chi connectivity index (χ2v) is 3.81. The van der Waals surface area contributed by atoms with Gasteiger partial charge in [-0.2, -0.15) is 4.39 Å². The summed E-state index contributed by atoms with van der Waals surface area (Å²) < 4.78 is 18.5. The van der Waals surface area contributed by atoms with Crippen molar-refractivity contribution in [3.8, 4) is 22.6 Å². The molecule has 5 nitrogen and oxygen atoms in total. The smallest absolute Gasteiger partial charge is 0.305 e. The summed E-state index contributed by atoms with van der Waals surface area (Å²) in [5.74, 6) is -0.697. The summed E-state index contributed by atoms with van der Waals surface area (Å²) in [6.07, 6.45) is 0. The summed E-state index contributed by atoms with van der Waals surface area (Å²) in [4.78, 5) is 9.95. The lowest BCUT2D eigenvalue weighted by Gasteiger charge is -2.09. The molecule has 0 aliphatic rings. The molecule has 98 valence electrons. The molecule has 6 heteroatoms. The number of aromatic hydroxyl groups is 1. The number of benzene rings is 2. The van der Waals surface area contributed by atoms with E-state index in [-0.39, 0.29) is 11.5 Å². The molecular formula is C13H10FNO4. The van der Waals surface area contributed by atoms with E-state index in [1.54, 1.807) is 12.1 Å². The van der Waals surface area contributed by atoms with Crippen LogP contribution in [-0.2, 0) is 0 Å². The molecule has 0 spiro atoms. The number of halogens is 1. The van der Waals surface area contributed by atoms with E-state index in [1.807, 2.05) is 0 Å². The van der Waals surface area contributed by atoms with Crippen molar-refractivity contribution in [2.24, 2.45) is 0 Å². The Morgan fingerprint density at radius 1 is 1.26 bits per heavy atom. The molecule has 1 N–H and O–H groups in total. The molecule has 2 aromatic carbocycles. The van der Waals surface area contributed by atoms with Crippen LogP contribution < -0.4 is 4.74 Å². The first-order valence-electron chi connectivity index (χ1n) is 5.34. The third-order valence-corrected chi connectivity index (χ3v) is 2.64. The van der Waals surface area contributed by atoms with Gasteiger partial charge in [0.15, 0.2) is 0 Å². The van der Waals surface area contributed by atoms with Gasteiger partial charge in [-0.3, -0.25) is 10.1 Å². The van der Waals surface area contributed by atoms with Crippen LogP contribution in [0.5, 0.6) is 11.5 Å². The molecule has 0 bridgehead atoms. The number of nitro groups is 1. The van der Waals surface area contributed by atoms with Gasteiger partial charge in [0.05, 0.1) is 12.0 Å². The summed E-state index contributed by atoms with van der Waals surface area (Å²) in [5, 5.41) is 20.0. The number of phenols is 1. The van der Waals surface area contributed by atoms with E-state index in [0.717, 1.165) is 12.1 Å². The first-order valence-corrected chi connectivity index (χ1v) is 5.34. The fraction of sp³-hybridized carbons (Fsp3) is 0.0769. The van der Waals surface area contributed by atoms with Crippen molar-refractivity contribution in [3.63, 3.8) is 0 Å². The van der Waals surface area contributed by atoms with E-state index in [0.29, 0.717) is 11.1 Å². The molecule has 19 heavy (non-hydrogen) atoms. The Labute approximate surface area is 108 Å². The predicted molar refractivity (Wildman–Crippen MR) is 66.7 cm³/mol. The lowest BCUT2D eigenvalue weighted by atomic mass is 10.0. The Morgan fingerprint density at radius 2 is 1.89 bits per heavy atom. The van der Waals surface area contributed by atoms with Crippen LogP contribution in [0.3, 0.4) is 0 Å². The molecule has 0 saturated carbocycles. The molecule has 0 aromatic heterocycles. The number of ether oxygens (including phenoxy) is 1. The largest absolute Gasteiger partial charge is 0.508 e. The number of nitrogens with zero attached hydrogens (tertiary/aromatic N) is 1. The third-order valence-electron chi connectivity index (χ3n) is 2.64. The minimum absolute atomic E-state index is 0.0688. The van der Waals surface area contributed by atoms with Crippen LogP contribution in [-0.4, -0.2) is 17.1 Å². The molecule has 0 saturated heterocycles. The number of hydrogen-bond acceptors (Lipinski definition) is 4. The van der Waals surface area contributed by atoms with Crippen molar-refractivity contribution in [1.82, 2.24) is 0 Å². The summed E-state index contributed by atoms with van der Waals surface area (Å²) in [6, 6.07) is 8.08. The Bertz CT molecular complexity index is 625. The Morgan fingerprint density at radius 3 is 2.42 bits per heavy atom. The standard InChI is InChI=1S/C13H10FNO4/c1-19-13-7-11(14)12(15(17)18)6-10(13)8-2-4-9(16)5-3-8/h2-7,16H,1H3. The number of hydrogen-bond donors (Lipinski definition) is 1. The summed E-state index contributed by atoms with van der Waals surface area (Å²) in [5.41, 5.74) is 0.345. The van der Waals surface area contributed by atoms with Gasteiger partial charge >= 0.3 is 5.69 Å². The Balaban J connectivity index is 2.63. The molecule has 0 radical (unpaired) electrons. The summed E-state index contributed by atoms with van der Waals surface area (Å²) in [7, 11) is 1.35. The zero-order valence-corrected chi connectivity index (χ0v) is 9.96. The molecule has 0 aliphatic carbocycles. The zero-order valence-electron chi connectivity index (χ0n) is 9.96. The van der Waals surface area contributed by atoms with Crippen LogP contribution in [0, 0.1) is 15.9 Å². The molecule has 0 aliphatic heterocycles. The number of nitro benzene ring substituents is 1. The van der Waals surface area contributed by atoms with E-state index >= 15 is 0 Å². The van der Waals surface area contributed by atoms with Gasteiger partial charge in [-0.15, -0.1) is 0 Å². The highest BCUT2D eigenvalue weighted by molar-refractivity contribution is 5.73. The van der Waals surface area contributed by atoms with Crippen LogP contribution >= 0.6 is 0 Å². The predicted octanol–water partition coefficient (Wildman–Crippen LogP) is 3.12. The van der Waals surface area contributed by atoms with Crippen LogP contribution in [0.1, 0.15) is 0 Å². The van der Waals surface area contributed by atoms with E-state index < -0.39 is 16.4 Å². The van der Waals surface area contributed by atoms with Crippen LogP contribution in [0.25, 0.3) is 11.1 Å². The molecule has 0 heterocycles. The fourth-order valence-corrected chi connectivity index (χ4v) is 1.72. The number of phenolic OH excluding ortho intramolecular Hbond substituents is 1. The SMILES string of the molecule is COc1cc(F)c([N+](=O)[O-])cc1-c1ccc(O)cc1. The van der Waals surface area contributed by atoms with Crippen molar-refractivity contribution in [3.05, 3.63) is 52.3 Å². The molecule has 2 aromatic rings. The van der Waals surface area contributed by atoms with Gasteiger partial charge in [0.25, 0.3) is 0 Å². The second kappa shape index (κ2) is 4.93. The molecule has 0 fully saturated rings. The van der Waals surface area contributed by atoms with Gasteiger partial charge in [-0.1, -0.05) is 12.1 Å². The van der Waals surface area contributed by atoms with Crippen LogP contribution in [0.15, 0.2) is 36.4 Å². The number of methoxy groups -OCH3 is 1. The molecule has 0 unspecified atom stereocenters. The van der Waals surface area contributed by atoms with Gasteiger partial charge in [0.2, 0.25) is 5.82 Å². The van der Waals surface area contributed by atoms with E-state index in [2.05, 4.69) is 0 Å². The first kappa shape index (κ1) is 12.8. The lowest BCUT2D eigenvalue weighted by Crippen LogP contribution is -1.96. The maximum absolute atomic E-state index is 13.5. The van der Waals surface area contributed by atoms with E-state index in [9.17, 15) is 19.6 Å². The average molecular weight is 263 g/mol. The maximum Gasteiger partial charge on any atom is 0.305 e. The van der Waals surface area contributed by atoms with Crippen molar-refractivity contribution in [2.45, 2.75) is 0 Å². The summed E-state index contributed by atoms with van der Waals surface area (Å²) >= 11 is 0. The lowest BCUT2D eigenvalue weighted by molar-refractivity contribution is -0.387. The van der Waals surface area contributed by atoms with Gasteiger partial charge in [0.1, 0.15) is 11.5 Å². The third kappa shape index (κ3) is 2.47. The zero-order chi connectivity index (χ0) is 14.0. The molecular weight excluding hydrogens is 253 g/mol. The van der Waals surface area contributed by atoms with Crippen molar-refractivity contribution in [1.29, 1.82) is 0 Å². The van der Waals surface area contributed by atoms with Crippen molar-refractivity contribution >= 4 is 5.69 Å². The Kier molecular flexibility index (Phi) is 3.33. The van der Waals surface area contributed by atoms with Crippen molar-refractivity contribution < 1.29 is 19.2 Å². The van der Waals surface area contributed by atoms with Gasteiger partial charge in [0, 0.05) is 17.7 Å². The average Bonchev–Trinajstić information content (AvgIpc) is 2.39. The molecule has 0 amide bonds. The maximum atomic E-state index is 13.5. The monoisotopic (exact) mass is 263 g/mol. The van der Waals surface area contributed by atoms with E-state index in [4.69, 9.17) is 4.74 Å². The van der Waals surface area contributed by atoms with Crippen LogP contribution in [0.4, 0.5) is 10.1 Å². The quantitative estimate of drug-likeness (QED) is 0.682. The highest BCUT2D eigenvalue weighted by Crippen LogP contribution is 2.35. The minimum atomic E-state index is -0.954. The van der Waals surface area contributed by atoms with Gasteiger partial charge in [-0.25, -0.2) is 0 Å². The Hall–Kier alpha value is -2.63. The number of rotatable bonds is 3. The van der Waals surface area contributed by atoms with Crippen molar-refractivity contribution in [2.75, 3.05) is 7.11 Å². The highest BCUT2D eigenvalue weighted by Gasteiger charge is 2.19. The molecule has 2 rings (SSSR count). The summed E-state index contributed by atoms with van der Waals surface area (Å²) in [6.45, 7) is 0. The second-order valence-electron chi connectivity index (χ2n) is 3.81. The minimum Gasteiger partial charge on any atom is -0.508 e. The highest BCUT2D eigenvalue weighted by atomic mass is 19.1. The van der Waals surface area contributed by atoms with Gasteiger partial charge in [-0.05, 0) is 17.7 Å². The van der Waals surface area contributed by atoms with E-state index in [1.165, 1.54) is 19.2 Å². The fourth-order valence-electron chi connectivity index (χ4n) is 1.72. The molecule has 0 atom stereocenters. The van der Waals surface area contributed by atoms with Gasteiger partial charge < -0.3 is 9.84 Å². The normalized spacial score (nSPS) is 10.2. The topological polar surface area (TPSA) is 72.6 Å². The van der Waals surface area contributed by atoms with Crippen LogP contribution in [0.2, 0.25) is 0 Å².